The highest BCUT2D eigenvalue weighted by Crippen LogP contribution is 2.21. The number of halogens is 2. The molecule has 1 heterocycles. The maximum absolute atomic E-state index is 13.2. The normalized spacial score (nSPS) is 10.8. The Hall–Kier alpha value is -2.61. The summed E-state index contributed by atoms with van der Waals surface area (Å²) in [6, 6.07) is 5.51. The molecule has 0 amide bonds. The second-order valence-corrected chi connectivity index (χ2v) is 5.47. The van der Waals surface area contributed by atoms with Crippen LogP contribution >= 0.6 is 15.9 Å². The van der Waals surface area contributed by atoms with Crippen molar-refractivity contribution < 1.29 is 18.8 Å². The third kappa shape index (κ3) is 4.23. The molecule has 0 aliphatic carbocycles. The fourth-order valence-electron chi connectivity index (χ4n) is 1.86. The number of aromatic nitrogens is 1. The molecule has 0 fully saturated rings. The predicted molar refractivity (Wildman–Crippen MR) is 89.9 cm³/mol. The molecule has 0 atom stereocenters. The van der Waals surface area contributed by atoms with Crippen LogP contribution in [0.2, 0.25) is 0 Å². The van der Waals surface area contributed by atoms with Crippen molar-refractivity contribution >= 4 is 39.7 Å². The molecule has 0 spiro atoms. The largest absolute Gasteiger partial charge is 0.462 e. The van der Waals surface area contributed by atoms with Gasteiger partial charge < -0.3 is 4.74 Å². The third-order valence-electron chi connectivity index (χ3n) is 2.99. The van der Waals surface area contributed by atoms with E-state index in [0.717, 1.165) is 12.3 Å². The minimum atomic E-state index is -0.700. The van der Waals surface area contributed by atoms with E-state index in [2.05, 4.69) is 20.9 Å². The zero-order chi connectivity index (χ0) is 17.7. The zero-order valence-corrected chi connectivity index (χ0v) is 14.1. The number of nitro groups is 1. The molecule has 0 unspecified atom stereocenters. The average molecular weight is 395 g/mol. The molecule has 2 aromatic rings. The molecule has 6 nitrogen and oxygen atoms in total. The van der Waals surface area contributed by atoms with Gasteiger partial charge in [-0.25, -0.2) is 14.2 Å². The van der Waals surface area contributed by atoms with Crippen LogP contribution in [0, 0.1) is 15.9 Å². The summed E-state index contributed by atoms with van der Waals surface area (Å²) in [4.78, 5) is 26.1. The van der Waals surface area contributed by atoms with Gasteiger partial charge in [-0.1, -0.05) is 12.1 Å². The highest BCUT2D eigenvalue weighted by molar-refractivity contribution is 9.10. The SMILES string of the molecule is CCOC(=O)c1cc([N+](=O)[O-])cnc1/C=C/c1ccc(F)c(Br)c1. The first-order valence-electron chi connectivity index (χ1n) is 6.87. The number of nitrogens with zero attached hydrogens (tertiary/aromatic N) is 2. The molecule has 8 heteroatoms. The van der Waals surface area contributed by atoms with E-state index < -0.39 is 16.7 Å². The van der Waals surface area contributed by atoms with E-state index in [1.807, 2.05) is 0 Å². The number of carbonyl (C=O) groups is 1. The van der Waals surface area contributed by atoms with Gasteiger partial charge in [-0.3, -0.25) is 10.1 Å². The maximum atomic E-state index is 13.2. The Morgan fingerprint density at radius 2 is 2.17 bits per heavy atom. The first-order valence-corrected chi connectivity index (χ1v) is 7.66. The topological polar surface area (TPSA) is 82.3 Å². The smallest absolute Gasteiger partial charge is 0.340 e. The van der Waals surface area contributed by atoms with Gasteiger partial charge in [0.1, 0.15) is 12.0 Å². The molecule has 0 saturated carbocycles. The number of carbonyl (C=O) groups excluding carboxylic acids is 1. The Balaban J connectivity index is 2.40. The van der Waals surface area contributed by atoms with Crippen LogP contribution in [-0.4, -0.2) is 22.5 Å². The van der Waals surface area contributed by atoms with Gasteiger partial charge in [0.2, 0.25) is 0 Å². The fourth-order valence-corrected chi connectivity index (χ4v) is 2.26. The van der Waals surface area contributed by atoms with Crippen LogP contribution in [-0.2, 0) is 4.74 Å². The van der Waals surface area contributed by atoms with E-state index in [1.54, 1.807) is 25.1 Å². The average Bonchev–Trinajstić information content (AvgIpc) is 2.56. The number of esters is 1. The number of hydrogen-bond acceptors (Lipinski definition) is 5. The van der Waals surface area contributed by atoms with Gasteiger partial charge >= 0.3 is 5.97 Å². The fraction of sp³-hybridized carbons (Fsp3) is 0.125. The summed E-state index contributed by atoms with van der Waals surface area (Å²) in [6.45, 7) is 1.77. The molecule has 124 valence electrons. The summed E-state index contributed by atoms with van der Waals surface area (Å²) < 4.78 is 18.4. The number of ether oxygens (including phenoxy) is 1. The van der Waals surface area contributed by atoms with Crippen molar-refractivity contribution in [1.82, 2.24) is 4.98 Å². The molecule has 0 bridgehead atoms. The second-order valence-electron chi connectivity index (χ2n) is 4.61. The van der Waals surface area contributed by atoms with E-state index in [-0.39, 0.29) is 23.6 Å². The number of benzene rings is 1. The quantitative estimate of drug-likeness (QED) is 0.430. The molecular weight excluding hydrogens is 383 g/mol. The Labute approximate surface area is 145 Å². The lowest BCUT2D eigenvalue weighted by Gasteiger charge is -2.05. The van der Waals surface area contributed by atoms with Gasteiger partial charge in [0.15, 0.2) is 0 Å². The van der Waals surface area contributed by atoms with Crippen LogP contribution in [0.1, 0.15) is 28.5 Å². The van der Waals surface area contributed by atoms with Crippen molar-refractivity contribution in [3.05, 3.63) is 67.7 Å². The maximum Gasteiger partial charge on any atom is 0.340 e. The molecule has 0 aliphatic rings. The van der Waals surface area contributed by atoms with Crippen molar-refractivity contribution in [2.75, 3.05) is 6.61 Å². The van der Waals surface area contributed by atoms with E-state index in [4.69, 9.17) is 4.74 Å². The molecule has 0 saturated heterocycles. The van der Waals surface area contributed by atoms with Crippen molar-refractivity contribution in [3.63, 3.8) is 0 Å². The van der Waals surface area contributed by atoms with E-state index in [9.17, 15) is 19.3 Å². The lowest BCUT2D eigenvalue weighted by Crippen LogP contribution is -2.08. The van der Waals surface area contributed by atoms with Crippen LogP contribution in [0.5, 0.6) is 0 Å². The van der Waals surface area contributed by atoms with Crippen molar-refractivity contribution in [3.8, 4) is 0 Å². The number of pyridine rings is 1. The van der Waals surface area contributed by atoms with Crippen LogP contribution in [0.3, 0.4) is 0 Å². The summed E-state index contributed by atoms with van der Waals surface area (Å²) in [7, 11) is 0. The molecular formula is C16H12BrFN2O4. The lowest BCUT2D eigenvalue weighted by molar-refractivity contribution is -0.385. The lowest BCUT2D eigenvalue weighted by atomic mass is 10.1. The first-order chi connectivity index (χ1) is 11.4. The Morgan fingerprint density at radius 1 is 1.42 bits per heavy atom. The first kappa shape index (κ1) is 17.7. The highest BCUT2D eigenvalue weighted by atomic mass is 79.9. The number of hydrogen-bond donors (Lipinski definition) is 0. The molecule has 2 rings (SSSR count). The van der Waals surface area contributed by atoms with Crippen LogP contribution < -0.4 is 0 Å². The molecule has 0 radical (unpaired) electrons. The zero-order valence-electron chi connectivity index (χ0n) is 12.5. The van der Waals surface area contributed by atoms with E-state index >= 15 is 0 Å². The minimum Gasteiger partial charge on any atom is -0.462 e. The van der Waals surface area contributed by atoms with Gasteiger partial charge in [-0.15, -0.1) is 0 Å². The third-order valence-corrected chi connectivity index (χ3v) is 3.60. The molecule has 1 aromatic heterocycles. The van der Waals surface area contributed by atoms with Crippen molar-refractivity contribution in [2.45, 2.75) is 6.92 Å². The van der Waals surface area contributed by atoms with Gasteiger partial charge in [0.25, 0.3) is 5.69 Å². The summed E-state index contributed by atoms with van der Waals surface area (Å²) in [5.74, 6) is -1.10. The monoisotopic (exact) mass is 394 g/mol. The van der Waals surface area contributed by atoms with E-state index in [0.29, 0.717) is 10.0 Å². The van der Waals surface area contributed by atoms with Crippen molar-refractivity contribution in [2.24, 2.45) is 0 Å². The number of rotatable bonds is 5. The van der Waals surface area contributed by atoms with Crippen LogP contribution in [0.25, 0.3) is 12.2 Å². The summed E-state index contributed by atoms with van der Waals surface area (Å²) in [5, 5.41) is 10.8. The Bertz CT molecular complexity index is 824. The molecule has 1 aromatic carbocycles. The van der Waals surface area contributed by atoms with Gasteiger partial charge in [-0.2, -0.15) is 0 Å². The van der Waals surface area contributed by atoms with E-state index in [1.165, 1.54) is 12.1 Å². The van der Waals surface area contributed by atoms with Gasteiger partial charge in [0.05, 0.1) is 27.3 Å². The van der Waals surface area contributed by atoms with Gasteiger partial charge in [-0.05, 0) is 46.6 Å². The molecule has 24 heavy (non-hydrogen) atoms. The molecule has 0 N–H and O–H groups in total. The second kappa shape index (κ2) is 7.78. The van der Waals surface area contributed by atoms with Crippen LogP contribution in [0.4, 0.5) is 10.1 Å². The summed E-state index contributed by atoms with van der Waals surface area (Å²) in [5.41, 5.74) is 0.570. The molecule has 0 aliphatic heterocycles. The predicted octanol–water partition coefficient (Wildman–Crippen LogP) is 4.24. The highest BCUT2D eigenvalue weighted by Gasteiger charge is 2.17. The summed E-state index contributed by atoms with van der Waals surface area (Å²) >= 11 is 3.08. The summed E-state index contributed by atoms with van der Waals surface area (Å²) in [6.07, 6.45) is 4.18. The standard InChI is InChI=1S/C16H12BrFN2O4/c1-2-24-16(21)12-8-11(20(22)23)9-19-15(12)6-4-10-3-5-14(18)13(17)7-10/h3-9H,2H2,1H3/b6-4+. The van der Waals surface area contributed by atoms with Crippen LogP contribution in [0.15, 0.2) is 34.9 Å². The Morgan fingerprint density at radius 3 is 2.79 bits per heavy atom. The Kier molecular flexibility index (Phi) is 5.75. The van der Waals surface area contributed by atoms with Gasteiger partial charge in [0, 0.05) is 6.07 Å². The van der Waals surface area contributed by atoms with Crippen molar-refractivity contribution in [1.29, 1.82) is 0 Å². The minimum absolute atomic E-state index is 0.0107.